The molecule has 1 N–H and O–H groups in total. The molecule has 0 aliphatic carbocycles. The van der Waals surface area contributed by atoms with Crippen LogP contribution in [0.2, 0.25) is 0 Å². The van der Waals surface area contributed by atoms with Crippen LogP contribution in [0.5, 0.6) is 0 Å². The van der Waals surface area contributed by atoms with Crippen molar-refractivity contribution < 1.29 is 18.4 Å². The van der Waals surface area contributed by atoms with E-state index in [9.17, 15) is 14.0 Å². The summed E-state index contributed by atoms with van der Waals surface area (Å²) in [6.45, 7) is -0.163. The van der Waals surface area contributed by atoms with E-state index in [-0.39, 0.29) is 17.8 Å². The first kappa shape index (κ1) is 18.2. The lowest BCUT2D eigenvalue weighted by Gasteiger charge is -2.12. The number of nitriles is 1. The Kier molecular flexibility index (Phi) is 4.67. The Morgan fingerprint density at radius 2 is 1.83 bits per heavy atom. The smallest absolute Gasteiger partial charge is 0.329 e. The summed E-state index contributed by atoms with van der Waals surface area (Å²) in [7, 11) is 0. The molecule has 3 aromatic rings. The number of carbonyl (C=O) groups excluding carboxylic acids is 2. The predicted molar refractivity (Wildman–Crippen MR) is 102 cm³/mol. The first-order chi connectivity index (χ1) is 14.0. The highest BCUT2D eigenvalue weighted by atomic mass is 19.1. The third kappa shape index (κ3) is 3.64. The molecule has 2 heterocycles. The summed E-state index contributed by atoms with van der Waals surface area (Å²) in [5.74, 6) is -0.111. The average Bonchev–Trinajstić information content (AvgIpc) is 3.30. The maximum absolute atomic E-state index is 13.8. The number of benzene rings is 2. The molecule has 4 rings (SSSR count). The van der Waals surface area contributed by atoms with Crippen LogP contribution >= 0.6 is 0 Å². The molecule has 7 heteroatoms. The SMILES string of the molecule is N#Cc1ccc(-c2ccc(/C=C3\NC(=O)N(Cc4ccccc4F)C3=O)o2)cc1. The molecular weight excluding hydrogens is 373 g/mol. The largest absolute Gasteiger partial charge is 0.457 e. The third-order valence-corrected chi connectivity index (χ3v) is 4.46. The van der Waals surface area contributed by atoms with Gasteiger partial charge >= 0.3 is 6.03 Å². The molecule has 0 spiro atoms. The third-order valence-electron chi connectivity index (χ3n) is 4.46. The molecule has 1 fully saturated rings. The van der Waals surface area contributed by atoms with Gasteiger partial charge in [0, 0.05) is 17.2 Å². The molecule has 1 aliphatic heterocycles. The summed E-state index contributed by atoms with van der Waals surface area (Å²) in [5, 5.41) is 11.4. The van der Waals surface area contributed by atoms with Crippen LogP contribution in [0, 0.1) is 17.1 Å². The van der Waals surface area contributed by atoms with Gasteiger partial charge in [-0.1, -0.05) is 18.2 Å². The lowest BCUT2D eigenvalue weighted by atomic mass is 10.1. The summed E-state index contributed by atoms with van der Waals surface area (Å²) < 4.78 is 19.6. The molecular formula is C22H14FN3O3. The lowest BCUT2D eigenvalue weighted by Crippen LogP contribution is -2.30. The molecule has 2 aromatic carbocycles. The predicted octanol–water partition coefficient (Wildman–Crippen LogP) is 4.05. The highest BCUT2D eigenvalue weighted by Crippen LogP contribution is 2.25. The highest BCUT2D eigenvalue weighted by molar-refractivity contribution is 6.13. The van der Waals surface area contributed by atoms with Crippen LogP contribution in [0.1, 0.15) is 16.9 Å². The van der Waals surface area contributed by atoms with Crippen LogP contribution in [-0.2, 0) is 11.3 Å². The van der Waals surface area contributed by atoms with E-state index >= 15 is 0 Å². The van der Waals surface area contributed by atoms with Crippen LogP contribution in [0.15, 0.2) is 70.8 Å². The van der Waals surface area contributed by atoms with Crippen LogP contribution in [-0.4, -0.2) is 16.8 Å². The Balaban J connectivity index is 1.54. The van der Waals surface area contributed by atoms with Crippen LogP contribution < -0.4 is 5.32 Å². The molecule has 1 aromatic heterocycles. The van der Waals surface area contributed by atoms with E-state index in [2.05, 4.69) is 5.32 Å². The van der Waals surface area contributed by atoms with Crippen molar-refractivity contribution >= 4 is 18.0 Å². The number of rotatable bonds is 4. The molecule has 3 amide bonds. The number of urea groups is 1. The number of halogens is 1. The van der Waals surface area contributed by atoms with Gasteiger partial charge in [0.2, 0.25) is 0 Å². The highest BCUT2D eigenvalue weighted by Gasteiger charge is 2.34. The fourth-order valence-corrected chi connectivity index (χ4v) is 2.95. The fourth-order valence-electron chi connectivity index (χ4n) is 2.95. The van der Waals surface area contributed by atoms with Crippen molar-refractivity contribution in [1.82, 2.24) is 10.2 Å². The van der Waals surface area contributed by atoms with Crippen molar-refractivity contribution in [2.75, 3.05) is 0 Å². The minimum Gasteiger partial charge on any atom is -0.457 e. The van der Waals surface area contributed by atoms with Gasteiger partial charge in [-0.05, 0) is 42.5 Å². The van der Waals surface area contributed by atoms with Gasteiger partial charge in [0.1, 0.15) is 23.0 Å². The molecule has 6 nitrogen and oxygen atoms in total. The number of amides is 3. The number of carbonyl (C=O) groups is 2. The van der Waals surface area contributed by atoms with E-state index in [0.29, 0.717) is 17.1 Å². The Labute approximate surface area is 165 Å². The molecule has 0 saturated carbocycles. The standard InChI is InChI=1S/C22H14FN3O3/c23-18-4-2-1-3-16(18)13-26-21(27)19(25-22(26)28)11-17-9-10-20(29-17)15-7-5-14(12-24)6-8-15/h1-11H,13H2,(H,25,28)/b19-11-. The molecule has 29 heavy (non-hydrogen) atoms. The number of imide groups is 1. The van der Waals surface area contributed by atoms with Crippen LogP contribution in [0.4, 0.5) is 9.18 Å². The van der Waals surface area contributed by atoms with Crippen LogP contribution in [0.25, 0.3) is 17.4 Å². The van der Waals surface area contributed by atoms with E-state index in [0.717, 1.165) is 10.5 Å². The van der Waals surface area contributed by atoms with Gasteiger partial charge in [-0.3, -0.25) is 9.69 Å². The van der Waals surface area contributed by atoms with Crippen molar-refractivity contribution in [2.45, 2.75) is 6.54 Å². The van der Waals surface area contributed by atoms with E-state index in [1.54, 1.807) is 48.5 Å². The summed E-state index contributed by atoms with van der Waals surface area (Å²) in [5.41, 5.74) is 1.61. The van der Waals surface area contributed by atoms with E-state index in [1.165, 1.54) is 18.2 Å². The monoisotopic (exact) mass is 387 g/mol. The second-order valence-electron chi connectivity index (χ2n) is 6.36. The minimum atomic E-state index is -0.622. The van der Waals surface area contributed by atoms with Crippen molar-refractivity contribution in [1.29, 1.82) is 5.26 Å². The summed E-state index contributed by atoms with van der Waals surface area (Å²) in [4.78, 5) is 25.7. The number of hydrogen-bond donors (Lipinski definition) is 1. The van der Waals surface area contributed by atoms with Crippen LogP contribution in [0.3, 0.4) is 0 Å². The van der Waals surface area contributed by atoms with Gasteiger partial charge in [0.25, 0.3) is 5.91 Å². The first-order valence-corrected chi connectivity index (χ1v) is 8.73. The van der Waals surface area contributed by atoms with Gasteiger partial charge in [-0.25, -0.2) is 9.18 Å². The minimum absolute atomic E-state index is 0.0482. The molecule has 0 bridgehead atoms. The lowest BCUT2D eigenvalue weighted by molar-refractivity contribution is -0.123. The molecule has 0 atom stereocenters. The second kappa shape index (κ2) is 7.44. The van der Waals surface area contributed by atoms with Crippen molar-refractivity contribution in [3.05, 3.63) is 89.1 Å². The molecule has 0 radical (unpaired) electrons. The number of hydrogen-bond acceptors (Lipinski definition) is 4. The maximum Gasteiger partial charge on any atom is 0.329 e. The second-order valence-corrected chi connectivity index (χ2v) is 6.36. The maximum atomic E-state index is 13.8. The van der Waals surface area contributed by atoms with Gasteiger partial charge in [-0.2, -0.15) is 5.26 Å². The van der Waals surface area contributed by atoms with Gasteiger partial charge < -0.3 is 9.73 Å². The summed E-state index contributed by atoms with van der Waals surface area (Å²) in [6.07, 6.45) is 1.43. The molecule has 0 unspecified atom stereocenters. The first-order valence-electron chi connectivity index (χ1n) is 8.73. The zero-order valence-corrected chi connectivity index (χ0v) is 15.1. The van der Waals surface area contributed by atoms with E-state index in [1.807, 2.05) is 6.07 Å². The van der Waals surface area contributed by atoms with E-state index in [4.69, 9.17) is 9.68 Å². The summed E-state index contributed by atoms with van der Waals surface area (Å²) in [6, 6.07) is 17.7. The zero-order chi connectivity index (χ0) is 20.4. The van der Waals surface area contributed by atoms with Gasteiger partial charge in [-0.15, -0.1) is 0 Å². The Hall–Kier alpha value is -4.18. The number of nitrogens with zero attached hydrogens (tertiary/aromatic N) is 2. The summed E-state index contributed by atoms with van der Waals surface area (Å²) >= 11 is 0. The quantitative estimate of drug-likeness (QED) is 0.540. The Morgan fingerprint density at radius 3 is 2.55 bits per heavy atom. The normalized spacial score (nSPS) is 14.9. The van der Waals surface area contributed by atoms with Crippen molar-refractivity contribution in [3.63, 3.8) is 0 Å². The Morgan fingerprint density at radius 1 is 1.07 bits per heavy atom. The van der Waals surface area contributed by atoms with Crippen molar-refractivity contribution in [2.24, 2.45) is 0 Å². The van der Waals surface area contributed by atoms with E-state index < -0.39 is 17.8 Å². The topological polar surface area (TPSA) is 86.3 Å². The molecule has 1 saturated heterocycles. The molecule has 142 valence electrons. The fraction of sp³-hybridized carbons (Fsp3) is 0.0455. The van der Waals surface area contributed by atoms with Crippen molar-refractivity contribution in [3.8, 4) is 17.4 Å². The number of nitrogens with one attached hydrogen (secondary N) is 1. The van der Waals surface area contributed by atoms with Gasteiger partial charge in [0.15, 0.2) is 0 Å². The number of furan rings is 1. The average molecular weight is 387 g/mol. The van der Waals surface area contributed by atoms with Gasteiger partial charge in [0.05, 0.1) is 18.2 Å². The molecule has 1 aliphatic rings. The zero-order valence-electron chi connectivity index (χ0n) is 15.1. The Bertz CT molecular complexity index is 1170.